The van der Waals surface area contributed by atoms with Crippen LogP contribution in [0.1, 0.15) is 51.2 Å². The van der Waals surface area contributed by atoms with E-state index in [9.17, 15) is 4.79 Å². The number of thioether (sulfide) groups is 1. The number of hydrogen-bond donors (Lipinski definition) is 1. The third-order valence-corrected chi connectivity index (χ3v) is 7.50. The highest BCUT2D eigenvalue weighted by molar-refractivity contribution is 8.00. The Morgan fingerprint density at radius 3 is 2.48 bits per heavy atom. The zero-order chi connectivity index (χ0) is 18.6. The smallest absolute Gasteiger partial charge is 0.277 e. The molecule has 1 amide bonds. The van der Waals surface area contributed by atoms with Crippen LogP contribution < -0.4 is 5.32 Å². The van der Waals surface area contributed by atoms with Crippen molar-refractivity contribution in [3.8, 4) is 11.5 Å². The maximum Gasteiger partial charge on any atom is 0.277 e. The standard InChI is InChI=1S/C20H25N3O3S/c1-11-16(3-4-25-11)18-22-23-19(26-18)27-12(2)17(24)21-20-8-13-5-14(9-20)7-15(6-13)10-20/h3-4,12-15H,5-10H2,1-2H3,(H,21,24)/t12-,13?,14?,15?,20?/m0/s1. The number of nitrogens with zero attached hydrogens (tertiary/aromatic N) is 2. The predicted octanol–water partition coefficient (Wildman–Crippen LogP) is 4.20. The van der Waals surface area contributed by atoms with Gasteiger partial charge in [0.15, 0.2) is 0 Å². The quantitative estimate of drug-likeness (QED) is 0.774. The maximum absolute atomic E-state index is 12.9. The Kier molecular flexibility index (Phi) is 4.11. The molecule has 144 valence electrons. The fourth-order valence-electron chi connectivity index (χ4n) is 5.80. The van der Waals surface area contributed by atoms with E-state index in [4.69, 9.17) is 8.83 Å². The first kappa shape index (κ1) is 17.3. The van der Waals surface area contributed by atoms with Gasteiger partial charge in [0.05, 0.1) is 17.1 Å². The molecule has 2 aromatic rings. The summed E-state index contributed by atoms with van der Waals surface area (Å²) < 4.78 is 11.0. The van der Waals surface area contributed by atoms with Crippen LogP contribution in [0.2, 0.25) is 0 Å². The number of rotatable bonds is 5. The second-order valence-corrected chi connectivity index (χ2v) is 10.0. The molecule has 4 saturated carbocycles. The van der Waals surface area contributed by atoms with Gasteiger partial charge in [-0.05, 0) is 76.2 Å². The van der Waals surface area contributed by atoms with Crippen LogP contribution in [-0.2, 0) is 4.79 Å². The minimum absolute atomic E-state index is 0.0363. The summed E-state index contributed by atoms with van der Waals surface area (Å²) in [6.45, 7) is 3.77. The van der Waals surface area contributed by atoms with Crippen LogP contribution in [0, 0.1) is 24.7 Å². The summed E-state index contributed by atoms with van der Waals surface area (Å²) in [5.41, 5.74) is 0.828. The normalized spacial score (nSPS) is 32.6. The van der Waals surface area contributed by atoms with Crippen molar-refractivity contribution in [2.45, 2.75) is 68.4 Å². The SMILES string of the molecule is Cc1occc1-c1nnc(S[C@@H](C)C(=O)NC23CC4CC(CC(C4)C2)C3)o1. The molecule has 4 aliphatic carbocycles. The van der Waals surface area contributed by atoms with Crippen LogP contribution in [0.25, 0.3) is 11.5 Å². The number of amides is 1. The summed E-state index contributed by atoms with van der Waals surface area (Å²) in [5, 5.41) is 11.7. The second kappa shape index (κ2) is 6.40. The van der Waals surface area contributed by atoms with E-state index in [-0.39, 0.29) is 16.7 Å². The molecule has 1 N–H and O–H groups in total. The second-order valence-electron chi connectivity index (χ2n) is 8.71. The number of carbonyl (C=O) groups excluding carboxylic acids is 1. The monoisotopic (exact) mass is 387 g/mol. The van der Waals surface area contributed by atoms with E-state index in [0.29, 0.717) is 11.1 Å². The molecular formula is C20H25N3O3S. The summed E-state index contributed by atoms with van der Waals surface area (Å²) in [4.78, 5) is 12.9. The van der Waals surface area contributed by atoms with Crippen molar-refractivity contribution in [3.63, 3.8) is 0 Å². The molecule has 1 atom stereocenters. The average molecular weight is 388 g/mol. The van der Waals surface area contributed by atoms with Gasteiger partial charge >= 0.3 is 0 Å². The van der Waals surface area contributed by atoms with Gasteiger partial charge in [-0.15, -0.1) is 10.2 Å². The molecule has 0 saturated heterocycles. The molecule has 4 aliphatic rings. The molecule has 7 heteroatoms. The largest absolute Gasteiger partial charge is 0.469 e. The first-order valence-electron chi connectivity index (χ1n) is 9.86. The number of nitrogens with one attached hydrogen (secondary N) is 1. The van der Waals surface area contributed by atoms with Gasteiger partial charge < -0.3 is 14.2 Å². The minimum atomic E-state index is -0.267. The van der Waals surface area contributed by atoms with E-state index in [1.54, 1.807) is 12.3 Å². The molecule has 0 radical (unpaired) electrons. The maximum atomic E-state index is 12.9. The Morgan fingerprint density at radius 2 is 1.89 bits per heavy atom. The molecular weight excluding hydrogens is 362 g/mol. The minimum Gasteiger partial charge on any atom is -0.469 e. The number of aromatic nitrogens is 2. The number of hydrogen-bond acceptors (Lipinski definition) is 6. The summed E-state index contributed by atoms with van der Waals surface area (Å²) >= 11 is 1.32. The topological polar surface area (TPSA) is 81.2 Å². The van der Waals surface area contributed by atoms with E-state index in [0.717, 1.165) is 48.3 Å². The van der Waals surface area contributed by atoms with Crippen molar-refractivity contribution < 1.29 is 13.6 Å². The molecule has 2 aromatic heterocycles. The van der Waals surface area contributed by atoms with E-state index < -0.39 is 0 Å². The van der Waals surface area contributed by atoms with Gasteiger partial charge in [-0.1, -0.05) is 11.8 Å². The summed E-state index contributed by atoms with van der Waals surface area (Å²) in [7, 11) is 0. The lowest BCUT2D eigenvalue weighted by Gasteiger charge is -2.57. The summed E-state index contributed by atoms with van der Waals surface area (Å²) in [5.74, 6) is 3.70. The third kappa shape index (κ3) is 3.20. The fourth-order valence-corrected chi connectivity index (χ4v) is 6.49. The van der Waals surface area contributed by atoms with E-state index in [1.165, 1.54) is 31.0 Å². The van der Waals surface area contributed by atoms with Gasteiger partial charge in [0.25, 0.3) is 11.1 Å². The van der Waals surface area contributed by atoms with Crippen molar-refractivity contribution in [2.24, 2.45) is 17.8 Å². The highest BCUT2D eigenvalue weighted by atomic mass is 32.2. The van der Waals surface area contributed by atoms with Gasteiger partial charge in [-0.25, -0.2) is 0 Å². The molecule has 2 heterocycles. The van der Waals surface area contributed by atoms with E-state index >= 15 is 0 Å². The zero-order valence-corrected chi connectivity index (χ0v) is 16.6. The van der Waals surface area contributed by atoms with E-state index in [2.05, 4.69) is 15.5 Å². The molecule has 0 unspecified atom stereocenters. The molecule has 0 aromatic carbocycles. The highest BCUT2D eigenvalue weighted by Crippen LogP contribution is 2.55. The van der Waals surface area contributed by atoms with E-state index in [1.807, 2.05) is 13.8 Å². The average Bonchev–Trinajstić information content (AvgIpc) is 3.21. The Labute approximate surface area is 162 Å². The lowest BCUT2D eigenvalue weighted by molar-refractivity contribution is -0.126. The Morgan fingerprint density at radius 1 is 1.22 bits per heavy atom. The lowest BCUT2D eigenvalue weighted by atomic mass is 9.53. The van der Waals surface area contributed by atoms with Crippen molar-refractivity contribution in [1.29, 1.82) is 0 Å². The molecule has 4 fully saturated rings. The first-order valence-corrected chi connectivity index (χ1v) is 10.7. The van der Waals surface area contributed by atoms with Crippen LogP contribution >= 0.6 is 11.8 Å². The zero-order valence-electron chi connectivity index (χ0n) is 15.7. The van der Waals surface area contributed by atoms with Crippen LogP contribution in [0.5, 0.6) is 0 Å². The lowest BCUT2D eigenvalue weighted by Crippen LogP contribution is -2.60. The molecule has 0 aliphatic heterocycles. The van der Waals surface area contributed by atoms with Gasteiger partial charge in [-0.3, -0.25) is 4.79 Å². The van der Waals surface area contributed by atoms with Crippen molar-refractivity contribution >= 4 is 17.7 Å². The van der Waals surface area contributed by atoms with Crippen LogP contribution in [0.3, 0.4) is 0 Å². The Balaban J connectivity index is 1.24. The number of furan rings is 1. The Hall–Kier alpha value is -1.76. The first-order chi connectivity index (χ1) is 13.0. The van der Waals surface area contributed by atoms with Crippen LogP contribution in [0.15, 0.2) is 26.4 Å². The van der Waals surface area contributed by atoms with Gasteiger partial charge in [0.2, 0.25) is 5.91 Å². The Bertz CT molecular complexity index is 823. The predicted molar refractivity (Wildman–Crippen MR) is 101 cm³/mol. The molecule has 4 bridgehead atoms. The molecule has 6 nitrogen and oxygen atoms in total. The van der Waals surface area contributed by atoms with Crippen molar-refractivity contribution in [3.05, 3.63) is 18.1 Å². The number of carbonyl (C=O) groups is 1. The molecule has 0 spiro atoms. The fraction of sp³-hybridized carbons (Fsp3) is 0.650. The van der Waals surface area contributed by atoms with Crippen LogP contribution in [0.4, 0.5) is 0 Å². The van der Waals surface area contributed by atoms with Crippen molar-refractivity contribution in [2.75, 3.05) is 0 Å². The molecule has 6 rings (SSSR count). The van der Waals surface area contributed by atoms with Crippen molar-refractivity contribution in [1.82, 2.24) is 15.5 Å². The highest BCUT2D eigenvalue weighted by Gasteiger charge is 2.51. The van der Waals surface area contributed by atoms with Crippen LogP contribution in [-0.4, -0.2) is 26.9 Å². The van der Waals surface area contributed by atoms with Gasteiger partial charge in [-0.2, -0.15) is 0 Å². The number of aryl methyl sites for hydroxylation is 1. The summed E-state index contributed by atoms with van der Waals surface area (Å²) in [6, 6.07) is 1.81. The molecule has 27 heavy (non-hydrogen) atoms. The van der Waals surface area contributed by atoms with Gasteiger partial charge in [0.1, 0.15) is 5.76 Å². The van der Waals surface area contributed by atoms with Gasteiger partial charge in [0, 0.05) is 5.54 Å². The third-order valence-electron chi connectivity index (χ3n) is 6.57. The summed E-state index contributed by atoms with van der Waals surface area (Å²) in [6.07, 6.45) is 9.20.